The molecule has 10 heteroatoms. The fourth-order valence-electron chi connectivity index (χ4n) is 2.72. The van der Waals surface area contributed by atoms with Gasteiger partial charge in [0.25, 0.3) is 5.91 Å². The predicted molar refractivity (Wildman–Crippen MR) is 114 cm³/mol. The third kappa shape index (κ3) is 4.63. The molecule has 1 fully saturated rings. The van der Waals surface area contributed by atoms with Crippen LogP contribution in [0.2, 0.25) is 5.02 Å². The largest absolute Gasteiger partial charge is 0.286 e. The van der Waals surface area contributed by atoms with Crippen LogP contribution in [-0.2, 0) is 10.0 Å². The van der Waals surface area contributed by atoms with E-state index in [9.17, 15) is 17.6 Å². The van der Waals surface area contributed by atoms with Crippen LogP contribution in [0, 0.1) is 5.82 Å². The van der Waals surface area contributed by atoms with Gasteiger partial charge in [-0.2, -0.15) is 0 Å². The molecule has 1 aliphatic heterocycles. The molecule has 1 saturated heterocycles. The summed E-state index contributed by atoms with van der Waals surface area (Å²) in [5.41, 5.74) is 0.590. The average Bonchev–Trinajstić information content (AvgIpc) is 3.01. The first kappa shape index (κ1) is 21.8. The lowest BCUT2D eigenvalue weighted by Crippen LogP contribution is -2.32. The Morgan fingerprint density at radius 2 is 2.00 bits per heavy atom. The van der Waals surface area contributed by atoms with Gasteiger partial charge in [0.05, 0.1) is 21.2 Å². The number of halogens is 2. The van der Waals surface area contributed by atoms with Gasteiger partial charge in [0.15, 0.2) is 5.17 Å². The Morgan fingerprint density at radius 1 is 1.28 bits per heavy atom. The van der Waals surface area contributed by atoms with Gasteiger partial charge in [-0.25, -0.2) is 22.1 Å². The van der Waals surface area contributed by atoms with Crippen LogP contribution in [0.3, 0.4) is 0 Å². The maximum atomic E-state index is 13.3. The van der Waals surface area contributed by atoms with E-state index in [2.05, 4.69) is 4.99 Å². The minimum Gasteiger partial charge on any atom is -0.286 e. The summed E-state index contributed by atoms with van der Waals surface area (Å²) in [4.78, 5) is 19.0. The first-order chi connectivity index (χ1) is 13.6. The topological polar surface area (TPSA) is 70.0 Å². The van der Waals surface area contributed by atoms with E-state index in [1.807, 2.05) is 6.92 Å². The highest BCUT2D eigenvalue weighted by atomic mass is 35.5. The highest BCUT2D eigenvalue weighted by Crippen LogP contribution is 2.31. The second-order valence-corrected chi connectivity index (χ2v) is 10.6. The van der Waals surface area contributed by atoms with Crippen LogP contribution in [0.4, 0.5) is 10.1 Å². The summed E-state index contributed by atoms with van der Waals surface area (Å²) < 4.78 is 39.2. The third-order valence-electron chi connectivity index (χ3n) is 4.20. The van der Waals surface area contributed by atoms with Crippen molar-refractivity contribution in [2.75, 3.05) is 20.6 Å². The van der Waals surface area contributed by atoms with Gasteiger partial charge in [0, 0.05) is 25.9 Å². The van der Waals surface area contributed by atoms with Gasteiger partial charge in [-0.15, -0.1) is 0 Å². The summed E-state index contributed by atoms with van der Waals surface area (Å²) >= 11 is 7.44. The Hall–Kier alpha value is -1.94. The van der Waals surface area contributed by atoms with Crippen molar-refractivity contribution in [1.82, 2.24) is 9.21 Å². The molecule has 0 spiro atoms. The summed E-state index contributed by atoms with van der Waals surface area (Å²) in [6, 6.07) is 9.83. The lowest BCUT2D eigenvalue weighted by molar-refractivity contribution is 0.0855. The zero-order chi connectivity index (χ0) is 21.3. The number of sulfonamides is 1. The molecule has 0 saturated carbocycles. The van der Waals surface area contributed by atoms with E-state index in [1.165, 1.54) is 55.0 Å². The molecule has 3 rings (SSSR count). The number of aliphatic imine (C=N–C) groups is 1. The maximum Gasteiger partial charge on any atom is 0.261 e. The van der Waals surface area contributed by atoms with Crippen molar-refractivity contribution in [3.05, 3.63) is 58.9 Å². The molecular formula is C19H19ClFN3O3S2. The highest BCUT2D eigenvalue weighted by molar-refractivity contribution is 8.14. The monoisotopic (exact) mass is 455 g/mol. The number of hydrogen-bond donors (Lipinski definition) is 0. The van der Waals surface area contributed by atoms with Crippen molar-refractivity contribution in [1.29, 1.82) is 0 Å². The molecule has 2 aromatic rings. The van der Waals surface area contributed by atoms with Crippen molar-refractivity contribution in [2.45, 2.75) is 17.1 Å². The minimum atomic E-state index is -3.60. The van der Waals surface area contributed by atoms with Gasteiger partial charge >= 0.3 is 0 Å². The van der Waals surface area contributed by atoms with Crippen LogP contribution in [-0.4, -0.2) is 54.6 Å². The van der Waals surface area contributed by atoms with Crippen LogP contribution >= 0.6 is 23.4 Å². The van der Waals surface area contributed by atoms with E-state index in [4.69, 9.17) is 11.6 Å². The molecule has 29 heavy (non-hydrogen) atoms. The molecular weight excluding hydrogens is 437 g/mol. The van der Waals surface area contributed by atoms with Crippen molar-refractivity contribution in [2.24, 2.45) is 4.99 Å². The molecule has 1 aliphatic rings. The smallest absolute Gasteiger partial charge is 0.261 e. The minimum absolute atomic E-state index is 0.0259. The van der Waals surface area contributed by atoms with E-state index < -0.39 is 15.8 Å². The summed E-state index contributed by atoms with van der Waals surface area (Å²) in [6.45, 7) is 2.36. The summed E-state index contributed by atoms with van der Waals surface area (Å²) in [5, 5.41) is 0.547. The number of amides is 1. The van der Waals surface area contributed by atoms with Crippen molar-refractivity contribution >= 4 is 50.1 Å². The zero-order valence-electron chi connectivity index (χ0n) is 16.0. The number of rotatable bonds is 4. The molecule has 0 bridgehead atoms. The van der Waals surface area contributed by atoms with Crippen molar-refractivity contribution < 1.29 is 17.6 Å². The molecule has 0 aliphatic carbocycles. The number of carbonyl (C=O) groups is 1. The standard InChI is InChI=1S/C19H19ClFN3O3S2/c1-12-11-24(18(25)16-8-7-13(21)9-17(16)20)19(28-12)22-14-5-4-6-15(10-14)29(26,27)23(2)3/h4-10,12H,11H2,1-3H3. The summed E-state index contributed by atoms with van der Waals surface area (Å²) in [5.74, 6) is -0.911. The van der Waals surface area contributed by atoms with Gasteiger partial charge in [-0.3, -0.25) is 9.69 Å². The van der Waals surface area contributed by atoms with E-state index in [1.54, 1.807) is 12.1 Å². The fourth-order valence-corrected chi connectivity index (χ4v) is 4.93. The number of thioether (sulfide) groups is 1. The van der Waals surface area contributed by atoms with Crippen molar-refractivity contribution in [3.63, 3.8) is 0 Å². The van der Waals surface area contributed by atoms with E-state index in [-0.39, 0.29) is 26.6 Å². The summed E-state index contributed by atoms with van der Waals surface area (Å²) in [6.07, 6.45) is 0. The fraction of sp³-hybridized carbons (Fsp3) is 0.263. The molecule has 1 heterocycles. The number of hydrogen-bond acceptors (Lipinski definition) is 5. The van der Waals surface area contributed by atoms with Gasteiger partial charge < -0.3 is 0 Å². The third-order valence-corrected chi connectivity index (χ3v) is 7.40. The molecule has 1 unspecified atom stereocenters. The molecule has 0 N–H and O–H groups in total. The molecule has 1 amide bonds. The lowest BCUT2D eigenvalue weighted by atomic mass is 10.2. The number of benzene rings is 2. The molecule has 6 nitrogen and oxygen atoms in total. The second-order valence-electron chi connectivity index (χ2n) is 6.65. The molecule has 0 aromatic heterocycles. The Bertz CT molecular complexity index is 1090. The Kier molecular flexibility index (Phi) is 6.33. The zero-order valence-corrected chi connectivity index (χ0v) is 18.4. The predicted octanol–water partition coefficient (Wildman–Crippen LogP) is 3.99. The first-order valence-electron chi connectivity index (χ1n) is 8.64. The normalized spacial score (nSPS) is 18.6. The Labute approximate surface area is 178 Å². The summed E-state index contributed by atoms with van der Waals surface area (Å²) in [7, 11) is -0.695. The second kappa shape index (κ2) is 8.43. The van der Waals surface area contributed by atoms with Crippen LogP contribution in [0.5, 0.6) is 0 Å². The number of carbonyl (C=O) groups excluding carboxylic acids is 1. The van der Waals surface area contributed by atoms with Crippen molar-refractivity contribution in [3.8, 4) is 0 Å². The number of nitrogens with zero attached hydrogens (tertiary/aromatic N) is 3. The van der Waals surface area contributed by atoms with Gasteiger partial charge in [0.2, 0.25) is 10.0 Å². The van der Waals surface area contributed by atoms with Crippen LogP contribution in [0.25, 0.3) is 0 Å². The molecule has 0 radical (unpaired) electrons. The van der Waals surface area contributed by atoms with Gasteiger partial charge in [0.1, 0.15) is 5.82 Å². The van der Waals surface area contributed by atoms with Crippen LogP contribution in [0.1, 0.15) is 17.3 Å². The SMILES string of the molecule is CC1CN(C(=O)c2ccc(F)cc2Cl)C(=Nc2cccc(S(=O)(=O)N(C)C)c2)S1. The first-order valence-corrected chi connectivity index (χ1v) is 11.3. The van der Waals surface area contributed by atoms with Crippen LogP contribution in [0.15, 0.2) is 52.4 Å². The maximum absolute atomic E-state index is 13.3. The molecule has 154 valence electrons. The number of amidine groups is 1. The van der Waals surface area contributed by atoms with E-state index >= 15 is 0 Å². The molecule has 1 atom stereocenters. The van der Waals surface area contributed by atoms with Gasteiger partial charge in [-0.1, -0.05) is 36.4 Å². The van der Waals surface area contributed by atoms with Crippen LogP contribution < -0.4 is 0 Å². The van der Waals surface area contributed by atoms with E-state index in [0.29, 0.717) is 17.4 Å². The molecule has 2 aromatic carbocycles. The highest BCUT2D eigenvalue weighted by Gasteiger charge is 2.32. The average molecular weight is 456 g/mol. The quantitative estimate of drug-likeness (QED) is 0.698. The lowest BCUT2D eigenvalue weighted by Gasteiger charge is -2.17. The van der Waals surface area contributed by atoms with E-state index in [0.717, 1.165) is 10.4 Å². The Balaban J connectivity index is 1.97. The Morgan fingerprint density at radius 3 is 2.66 bits per heavy atom. The van der Waals surface area contributed by atoms with Gasteiger partial charge in [-0.05, 0) is 36.4 Å².